The number of aliphatic carboxylic acids is 2. The van der Waals surface area contributed by atoms with Crippen molar-refractivity contribution in [1.82, 2.24) is 16.0 Å². The molecule has 0 radical (unpaired) electrons. The van der Waals surface area contributed by atoms with E-state index in [4.69, 9.17) is 5.73 Å². The first kappa shape index (κ1) is 32.9. The maximum Gasteiger partial charge on any atom is 0.326 e. The van der Waals surface area contributed by atoms with Gasteiger partial charge in [0.25, 0.3) is 0 Å². The fourth-order valence-corrected chi connectivity index (χ4v) is 4.23. The molecule has 41 heavy (non-hydrogen) atoms. The van der Waals surface area contributed by atoms with Crippen LogP contribution >= 0.6 is 11.8 Å². The number of hydrogen-bond acceptors (Lipinski definition) is 9. The molecule has 2 aromatic rings. The topological polar surface area (TPSA) is 228 Å². The van der Waals surface area contributed by atoms with E-state index < -0.39 is 60.2 Å². The molecule has 0 saturated heterocycles. The van der Waals surface area contributed by atoms with Gasteiger partial charge in [-0.2, -0.15) is 11.8 Å². The molecule has 222 valence electrons. The lowest BCUT2D eigenvalue weighted by atomic mass is 10.0. The Hall–Kier alpha value is -4.30. The van der Waals surface area contributed by atoms with Crippen LogP contribution in [-0.4, -0.2) is 86.3 Å². The van der Waals surface area contributed by atoms with Gasteiger partial charge in [0, 0.05) is 6.42 Å². The molecule has 0 aliphatic carbocycles. The van der Waals surface area contributed by atoms with E-state index in [1.54, 1.807) is 18.4 Å². The van der Waals surface area contributed by atoms with Gasteiger partial charge in [0.2, 0.25) is 17.7 Å². The zero-order valence-corrected chi connectivity index (χ0v) is 23.1. The number of phenolic OH excluding ortho intramolecular Hbond substituents is 2. The minimum Gasteiger partial charge on any atom is -0.508 e. The van der Waals surface area contributed by atoms with E-state index in [-0.39, 0.29) is 30.8 Å². The zero-order valence-electron chi connectivity index (χ0n) is 22.3. The van der Waals surface area contributed by atoms with E-state index in [1.807, 2.05) is 0 Å². The van der Waals surface area contributed by atoms with Crippen LogP contribution in [0, 0.1) is 0 Å². The summed E-state index contributed by atoms with van der Waals surface area (Å²) in [5, 5.41) is 45.0. The van der Waals surface area contributed by atoms with Crippen LogP contribution in [0.25, 0.3) is 0 Å². The number of phenols is 2. The summed E-state index contributed by atoms with van der Waals surface area (Å²) in [6.07, 6.45) is 1.02. The van der Waals surface area contributed by atoms with E-state index in [2.05, 4.69) is 16.0 Å². The molecule has 0 aliphatic rings. The molecule has 2 rings (SSSR count). The summed E-state index contributed by atoms with van der Waals surface area (Å²) in [6.45, 7) is 0. The van der Waals surface area contributed by atoms with Gasteiger partial charge in [0.15, 0.2) is 0 Å². The third kappa shape index (κ3) is 11.4. The number of carboxylic acid groups (broad SMARTS) is 2. The first-order valence-electron chi connectivity index (χ1n) is 12.6. The second-order valence-electron chi connectivity index (χ2n) is 9.25. The second-order valence-corrected chi connectivity index (χ2v) is 10.2. The van der Waals surface area contributed by atoms with Crippen LogP contribution in [0.5, 0.6) is 11.5 Å². The summed E-state index contributed by atoms with van der Waals surface area (Å²) in [5.41, 5.74) is 7.11. The van der Waals surface area contributed by atoms with E-state index >= 15 is 0 Å². The first-order valence-corrected chi connectivity index (χ1v) is 13.9. The van der Waals surface area contributed by atoms with Crippen molar-refractivity contribution in [2.24, 2.45) is 5.73 Å². The minimum atomic E-state index is -1.57. The Morgan fingerprint density at radius 1 is 0.732 bits per heavy atom. The lowest BCUT2D eigenvalue weighted by molar-refractivity contribution is -0.143. The van der Waals surface area contributed by atoms with Crippen molar-refractivity contribution in [3.63, 3.8) is 0 Å². The number of aromatic hydroxyl groups is 2. The highest BCUT2D eigenvalue weighted by molar-refractivity contribution is 7.98. The van der Waals surface area contributed by atoms with Gasteiger partial charge in [-0.15, -0.1) is 0 Å². The highest BCUT2D eigenvalue weighted by Crippen LogP contribution is 2.13. The molecule has 4 atom stereocenters. The number of hydrogen-bond donors (Lipinski definition) is 8. The number of nitrogens with one attached hydrogen (secondary N) is 3. The fraction of sp³-hybridized carbons (Fsp3) is 0.370. The molecule has 2 aromatic carbocycles. The quantitative estimate of drug-likeness (QED) is 0.129. The van der Waals surface area contributed by atoms with Crippen LogP contribution in [0.15, 0.2) is 48.5 Å². The van der Waals surface area contributed by atoms with Crippen LogP contribution in [0.1, 0.15) is 24.0 Å². The van der Waals surface area contributed by atoms with Crippen molar-refractivity contribution in [3.05, 3.63) is 59.7 Å². The van der Waals surface area contributed by atoms with Gasteiger partial charge < -0.3 is 42.1 Å². The highest BCUT2D eigenvalue weighted by Gasteiger charge is 2.31. The van der Waals surface area contributed by atoms with Crippen molar-refractivity contribution in [3.8, 4) is 11.5 Å². The van der Waals surface area contributed by atoms with E-state index in [1.165, 1.54) is 48.2 Å². The summed E-state index contributed by atoms with van der Waals surface area (Å²) in [4.78, 5) is 62.1. The SMILES string of the molecule is CSCCC(NC(=O)C(CC(=O)O)NC(=O)C(N)Cc1ccc(O)cc1)C(=O)NC(Cc1ccc(O)cc1)C(=O)O. The van der Waals surface area contributed by atoms with E-state index in [9.17, 15) is 44.4 Å². The normalized spacial score (nSPS) is 13.7. The van der Waals surface area contributed by atoms with Gasteiger partial charge in [-0.05, 0) is 60.2 Å². The molecule has 0 bridgehead atoms. The standard InChI is InChI=1S/C27H34N4O9S/c1-41-11-10-20(25(37)31-22(27(39)40)13-16-4-8-18(33)9-5-16)29-26(38)21(14-23(34)35)30-24(36)19(28)12-15-2-6-17(32)7-3-15/h2-9,19-22,32-33H,10-14,28H2,1H3,(H,29,38)(H,30,36)(H,31,37)(H,34,35)(H,39,40). The van der Waals surface area contributed by atoms with Crippen molar-refractivity contribution in [1.29, 1.82) is 0 Å². The Labute approximate surface area is 240 Å². The minimum absolute atomic E-state index is 0.00572. The van der Waals surface area contributed by atoms with Crippen LogP contribution in [0.3, 0.4) is 0 Å². The predicted molar refractivity (Wildman–Crippen MR) is 150 cm³/mol. The average molecular weight is 591 g/mol. The van der Waals surface area contributed by atoms with Crippen molar-refractivity contribution in [2.75, 3.05) is 12.0 Å². The number of rotatable bonds is 16. The van der Waals surface area contributed by atoms with Gasteiger partial charge in [-0.1, -0.05) is 24.3 Å². The zero-order chi connectivity index (χ0) is 30.5. The van der Waals surface area contributed by atoms with Crippen molar-refractivity contribution < 1.29 is 44.4 Å². The molecule has 14 heteroatoms. The molecule has 4 unspecified atom stereocenters. The molecule has 0 heterocycles. The number of carbonyl (C=O) groups is 5. The van der Waals surface area contributed by atoms with Crippen LogP contribution < -0.4 is 21.7 Å². The van der Waals surface area contributed by atoms with Crippen LogP contribution in [0.2, 0.25) is 0 Å². The molecule has 0 saturated carbocycles. The van der Waals surface area contributed by atoms with Gasteiger partial charge in [0.05, 0.1) is 12.5 Å². The predicted octanol–water partition coefficient (Wildman–Crippen LogP) is -0.0229. The highest BCUT2D eigenvalue weighted by atomic mass is 32.2. The van der Waals surface area contributed by atoms with Gasteiger partial charge in [-0.3, -0.25) is 19.2 Å². The van der Waals surface area contributed by atoms with Crippen molar-refractivity contribution in [2.45, 2.75) is 49.9 Å². The molecule has 0 aromatic heterocycles. The maximum absolute atomic E-state index is 13.1. The molecule has 9 N–H and O–H groups in total. The van der Waals surface area contributed by atoms with Crippen LogP contribution in [-0.2, 0) is 36.8 Å². The van der Waals surface area contributed by atoms with Crippen LogP contribution in [0.4, 0.5) is 0 Å². The Kier molecular flexibility index (Phi) is 12.9. The van der Waals surface area contributed by atoms with E-state index in [0.29, 0.717) is 16.9 Å². The summed E-state index contributed by atoms with van der Waals surface area (Å²) in [7, 11) is 0. The Morgan fingerprint density at radius 3 is 1.68 bits per heavy atom. The molecule has 0 aliphatic heterocycles. The van der Waals surface area contributed by atoms with Gasteiger partial charge >= 0.3 is 11.9 Å². The molecule has 13 nitrogen and oxygen atoms in total. The van der Waals surface area contributed by atoms with Crippen molar-refractivity contribution >= 4 is 41.4 Å². The number of carboxylic acids is 2. The number of carbonyl (C=O) groups excluding carboxylic acids is 3. The second kappa shape index (κ2) is 16.1. The summed E-state index contributed by atoms with van der Waals surface area (Å²) >= 11 is 1.37. The Bertz CT molecular complexity index is 1210. The fourth-order valence-electron chi connectivity index (χ4n) is 3.76. The summed E-state index contributed by atoms with van der Waals surface area (Å²) < 4.78 is 0. The molecule has 3 amide bonds. The summed E-state index contributed by atoms with van der Waals surface area (Å²) in [6, 6.07) is 6.44. The maximum atomic E-state index is 13.1. The lowest BCUT2D eigenvalue weighted by Crippen LogP contribution is -2.58. The number of benzene rings is 2. The largest absolute Gasteiger partial charge is 0.508 e. The Morgan fingerprint density at radius 2 is 1.20 bits per heavy atom. The Balaban J connectivity index is 2.12. The third-order valence-electron chi connectivity index (χ3n) is 5.97. The number of nitrogens with two attached hydrogens (primary N) is 1. The average Bonchev–Trinajstić information content (AvgIpc) is 2.92. The number of thioether (sulfide) groups is 1. The monoisotopic (exact) mass is 590 g/mol. The van der Waals surface area contributed by atoms with E-state index in [0.717, 1.165) is 0 Å². The van der Waals surface area contributed by atoms with Gasteiger partial charge in [-0.25, -0.2) is 4.79 Å². The molecular formula is C27H34N4O9S. The molecular weight excluding hydrogens is 556 g/mol. The molecule has 0 spiro atoms. The first-order chi connectivity index (χ1) is 19.4. The summed E-state index contributed by atoms with van der Waals surface area (Å²) in [5.74, 6) is -4.84. The number of amides is 3. The third-order valence-corrected chi connectivity index (χ3v) is 6.62. The smallest absolute Gasteiger partial charge is 0.326 e. The molecule has 0 fully saturated rings. The van der Waals surface area contributed by atoms with Gasteiger partial charge in [0.1, 0.15) is 29.6 Å². The lowest BCUT2D eigenvalue weighted by Gasteiger charge is -2.24.